The van der Waals surface area contributed by atoms with Crippen LogP contribution in [0.1, 0.15) is 12.8 Å². The second-order valence-electron chi connectivity index (χ2n) is 2.29. The van der Waals surface area contributed by atoms with E-state index in [0.717, 1.165) is 12.8 Å². The predicted octanol–water partition coefficient (Wildman–Crippen LogP) is 1.16. The van der Waals surface area contributed by atoms with Gasteiger partial charge in [-0.1, -0.05) is 6.08 Å². The molecular formula is C8H12O3. The Morgan fingerprint density at radius 1 is 1.73 bits per heavy atom. The molecule has 11 heavy (non-hydrogen) atoms. The summed E-state index contributed by atoms with van der Waals surface area (Å²) < 4.78 is 10.2. The van der Waals surface area contributed by atoms with Gasteiger partial charge in [0.05, 0.1) is 0 Å². The highest BCUT2D eigenvalue weighted by Gasteiger charge is 2.16. The van der Waals surface area contributed by atoms with Gasteiger partial charge in [0.1, 0.15) is 12.9 Å². The van der Waals surface area contributed by atoms with E-state index in [-0.39, 0.29) is 12.9 Å². The lowest BCUT2D eigenvalue weighted by atomic mass is 10.3. The molecule has 0 spiro atoms. The van der Waals surface area contributed by atoms with Crippen LogP contribution in [0.5, 0.6) is 0 Å². The van der Waals surface area contributed by atoms with Crippen molar-refractivity contribution in [2.75, 3.05) is 6.61 Å². The molecule has 1 aliphatic heterocycles. The van der Waals surface area contributed by atoms with E-state index in [2.05, 4.69) is 6.58 Å². The third kappa shape index (κ3) is 2.27. The van der Waals surface area contributed by atoms with Crippen LogP contribution in [0.15, 0.2) is 24.7 Å². The van der Waals surface area contributed by atoms with Crippen molar-refractivity contribution in [3.63, 3.8) is 0 Å². The minimum atomic E-state index is -0.227. The lowest BCUT2D eigenvalue weighted by Crippen LogP contribution is -2.08. The molecular weight excluding hydrogens is 144 g/mol. The molecule has 0 aromatic rings. The number of hydrogen-bond donors (Lipinski definition) is 1. The van der Waals surface area contributed by atoms with Crippen LogP contribution < -0.4 is 0 Å². The summed E-state index contributed by atoms with van der Waals surface area (Å²) in [5.74, 6) is 0.499. The molecule has 1 N–H and O–H groups in total. The van der Waals surface area contributed by atoms with E-state index in [0.29, 0.717) is 5.76 Å². The van der Waals surface area contributed by atoms with Gasteiger partial charge in [-0.2, -0.15) is 0 Å². The first-order chi connectivity index (χ1) is 5.36. The van der Waals surface area contributed by atoms with Gasteiger partial charge in [-0.15, -0.1) is 6.58 Å². The standard InChI is InChI=1S/C8H12O3/c1-2-3-4-8-10-6-7(5-9)11-8/h2,6,8-9H,1,3-5H2. The smallest absolute Gasteiger partial charge is 0.240 e. The minimum absolute atomic E-state index is 0.0927. The van der Waals surface area contributed by atoms with Crippen LogP contribution in [-0.4, -0.2) is 18.0 Å². The molecule has 0 radical (unpaired) electrons. The number of aliphatic hydroxyl groups excluding tert-OH is 1. The molecule has 1 atom stereocenters. The van der Waals surface area contributed by atoms with Crippen molar-refractivity contribution in [3.05, 3.63) is 24.7 Å². The Hall–Kier alpha value is -0.960. The number of aliphatic hydroxyl groups is 1. The second-order valence-corrected chi connectivity index (χ2v) is 2.29. The highest BCUT2D eigenvalue weighted by atomic mass is 16.7. The van der Waals surface area contributed by atoms with Gasteiger partial charge >= 0.3 is 0 Å². The van der Waals surface area contributed by atoms with Gasteiger partial charge in [0.15, 0.2) is 5.76 Å². The van der Waals surface area contributed by atoms with Crippen LogP contribution in [0.4, 0.5) is 0 Å². The summed E-state index contributed by atoms with van der Waals surface area (Å²) in [6.45, 7) is 3.49. The zero-order valence-corrected chi connectivity index (χ0v) is 6.32. The zero-order chi connectivity index (χ0) is 8.10. The summed E-state index contributed by atoms with van der Waals surface area (Å²) in [7, 11) is 0. The Labute approximate surface area is 65.9 Å². The Kier molecular flexibility index (Phi) is 2.98. The van der Waals surface area contributed by atoms with Crippen molar-refractivity contribution in [1.29, 1.82) is 0 Å². The molecule has 62 valence electrons. The first-order valence-corrected chi connectivity index (χ1v) is 3.59. The minimum Gasteiger partial charge on any atom is -0.459 e. The van der Waals surface area contributed by atoms with Crippen molar-refractivity contribution in [1.82, 2.24) is 0 Å². The maximum Gasteiger partial charge on any atom is 0.240 e. The molecule has 0 aliphatic carbocycles. The first-order valence-electron chi connectivity index (χ1n) is 3.59. The Bertz CT molecular complexity index is 163. The van der Waals surface area contributed by atoms with Crippen LogP contribution in [0.2, 0.25) is 0 Å². The second kappa shape index (κ2) is 4.03. The molecule has 1 heterocycles. The zero-order valence-electron chi connectivity index (χ0n) is 6.32. The third-order valence-corrected chi connectivity index (χ3v) is 1.40. The van der Waals surface area contributed by atoms with E-state index >= 15 is 0 Å². The largest absolute Gasteiger partial charge is 0.459 e. The van der Waals surface area contributed by atoms with E-state index < -0.39 is 0 Å². The average Bonchev–Trinajstić information content (AvgIpc) is 2.48. The van der Waals surface area contributed by atoms with Gasteiger partial charge in [0.2, 0.25) is 6.29 Å². The van der Waals surface area contributed by atoms with Crippen molar-refractivity contribution >= 4 is 0 Å². The highest BCUT2D eigenvalue weighted by molar-refractivity contribution is 4.92. The molecule has 1 rings (SSSR count). The molecule has 1 unspecified atom stereocenters. The number of allylic oxidation sites excluding steroid dienone is 1. The Balaban J connectivity index is 2.19. The summed E-state index contributed by atoms with van der Waals surface area (Å²) in [5, 5.41) is 8.62. The van der Waals surface area contributed by atoms with Crippen molar-refractivity contribution < 1.29 is 14.6 Å². The molecule has 3 nitrogen and oxygen atoms in total. The van der Waals surface area contributed by atoms with Crippen LogP contribution in [0, 0.1) is 0 Å². The number of rotatable bonds is 4. The van der Waals surface area contributed by atoms with Crippen molar-refractivity contribution in [3.8, 4) is 0 Å². The highest BCUT2D eigenvalue weighted by Crippen LogP contribution is 2.17. The first kappa shape index (κ1) is 8.14. The predicted molar refractivity (Wildman–Crippen MR) is 40.6 cm³/mol. The van der Waals surface area contributed by atoms with Crippen molar-refractivity contribution in [2.24, 2.45) is 0 Å². The maximum atomic E-state index is 8.62. The molecule has 3 heteroatoms. The van der Waals surface area contributed by atoms with E-state index in [9.17, 15) is 0 Å². The van der Waals surface area contributed by atoms with Crippen LogP contribution >= 0.6 is 0 Å². The van der Waals surface area contributed by atoms with Gasteiger partial charge in [-0.3, -0.25) is 0 Å². The van der Waals surface area contributed by atoms with Crippen LogP contribution in [0.3, 0.4) is 0 Å². The van der Waals surface area contributed by atoms with Crippen molar-refractivity contribution in [2.45, 2.75) is 19.1 Å². The monoisotopic (exact) mass is 156 g/mol. The molecule has 0 saturated heterocycles. The fourth-order valence-electron chi connectivity index (χ4n) is 0.832. The summed E-state index contributed by atoms with van der Waals surface area (Å²) in [5.41, 5.74) is 0. The quantitative estimate of drug-likeness (QED) is 0.621. The van der Waals surface area contributed by atoms with Crippen LogP contribution in [-0.2, 0) is 9.47 Å². The summed E-state index contributed by atoms with van der Waals surface area (Å²) in [6.07, 6.45) is 4.67. The lowest BCUT2D eigenvalue weighted by molar-refractivity contribution is -0.0411. The molecule has 0 aromatic carbocycles. The lowest BCUT2D eigenvalue weighted by Gasteiger charge is -2.08. The summed E-state index contributed by atoms with van der Waals surface area (Å²) in [4.78, 5) is 0. The molecule has 1 aliphatic rings. The van der Waals surface area contributed by atoms with Crippen LogP contribution in [0.25, 0.3) is 0 Å². The van der Waals surface area contributed by atoms with E-state index in [1.807, 2.05) is 6.08 Å². The Morgan fingerprint density at radius 2 is 2.55 bits per heavy atom. The molecule has 0 saturated carbocycles. The third-order valence-electron chi connectivity index (χ3n) is 1.40. The molecule has 0 amide bonds. The summed E-state index contributed by atoms with van der Waals surface area (Å²) >= 11 is 0. The molecule has 0 fully saturated rings. The topological polar surface area (TPSA) is 38.7 Å². The fraction of sp³-hybridized carbons (Fsp3) is 0.500. The SMILES string of the molecule is C=CCCC1OC=C(CO)O1. The number of ether oxygens (including phenoxy) is 2. The van der Waals surface area contributed by atoms with E-state index in [4.69, 9.17) is 14.6 Å². The normalized spacial score (nSPS) is 21.9. The average molecular weight is 156 g/mol. The van der Waals surface area contributed by atoms with Gasteiger partial charge in [0, 0.05) is 6.42 Å². The van der Waals surface area contributed by atoms with E-state index in [1.165, 1.54) is 6.26 Å². The van der Waals surface area contributed by atoms with Gasteiger partial charge in [-0.25, -0.2) is 0 Å². The van der Waals surface area contributed by atoms with Gasteiger partial charge in [-0.05, 0) is 6.42 Å². The maximum absolute atomic E-state index is 8.62. The molecule has 0 aromatic heterocycles. The van der Waals surface area contributed by atoms with Gasteiger partial charge in [0.25, 0.3) is 0 Å². The van der Waals surface area contributed by atoms with E-state index in [1.54, 1.807) is 0 Å². The molecule has 0 bridgehead atoms. The fourth-order valence-corrected chi connectivity index (χ4v) is 0.832. The Morgan fingerprint density at radius 3 is 3.09 bits per heavy atom. The number of hydrogen-bond acceptors (Lipinski definition) is 3. The van der Waals surface area contributed by atoms with Gasteiger partial charge < -0.3 is 14.6 Å². The summed E-state index contributed by atoms with van der Waals surface area (Å²) in [6, 6.07) is 0.